The molecule has 0 N–H and O–H groups in total. The molecule has 14 heavy (non-hydrogen) atoms. The first-order chi connectivity index (χ1) is 6.52. The molecule has 0 aliphatic rings. The fraction of sp³-hybridized carbons (Fsp3) is 0.429. The van der Waals surface area contributed by atoms with Crippen LogP contribution in [0.3, 0.4) is 0 Å². The predicted octanol–water partition coefficient (Wildman–Crippen LogP) is 2.94. The van der Waals surface area contributed by atoms with Gasteiger partial charge in [0.2, 0.25) is 0 Å². The minimum Gasteiger partial charge on any atom is -0.481 e. The van der Waals surface area contributed by atoms with E-state index in [1.807, 2.05) is 0 Å². The molecule has 2 nitrogen and oxygen atoms in total. The third-order valence-electron chi connectivity index (χ3n) is 1.27. The number of nitrogens with zero attached hydrogens (tertiary/aromatic N) is 1. The number of ether oxygens (including phenoxy) is 1. The van der Waals surface area contributed by atoms with Crippen LogP contribution in [0.4, 0.5) is 17.6 Å². The van der Waals surface area contributed by atoms with Gasteiger partial charge in [0.15, 0.2) is 12.1 Å². The molecule has 1 aromatic rings. The molecule has 7 heteroatoms. The zero-order chi connectivity index (χ0) is 10.6. The Hall–Kier alpha value is -0.900. The van der Waals surface area contributed by atoms with Crippen LogP contribution in [-0.2, 0) is 0 Å². The largest absolute Gasteiger partial charge is 0.481 e. The highest BCUT2D eigenvalue weighted by Gasteiger charge is 2.41. The van der Waals surface area contributed by atoms with Crippen molar-refractivity contribution < 1.29 is 22.3 Å². The molecule has 0 bridgehead atoms. The summed E-state index contributed by atoms with van der Waals surface area (Å²) < 4.78 is 52.5. The van der Waals surface area contributed by atoms with Crippen LogP contribution in [-0.4, -0.2) is 23.9 Å². The molecule has 1 heterocycles. The van der Waals surface area contributed by atoms with Gasteiger partial charge in [0.1, 0.15) is 0 Å². The molecule has 0 aliphatic heterocycles. The molecule has 0 amide bonds. The smallest absolute Gasteiger partial charge is 0.340 e. The van der Waals surface area contributed by atoms with Crippen LogP contribution in [0.5, 0.6) is 5.48 Å². The lowest BCUT2D eigenvalue weighted by Crippen LogP contribution is -2.33. The second-order valence-electron chi connectivity index (χ2n) is 2.39. The number of aromatic nitrogens is 1. The van der Waals surface area contributed by atoms with E-state index in [1.54, 1.807) is 5.80 Å². The van der Waals surface area contributed by atoms with Gasteiger partial charge in [-0.2, -0.15) is 8.78 Å². The Kier molecular flexibility index (Phi) is 3.63. The molecule has 1 rings (SSSR count). The molecule has 78 valence electrons. The van der Waals surface area contributed by atoms with Crippen molar-refractivity contribution in [3.05, 3.63) is 18.2 Å². The van der Waals surface area contributed by atoms with Gasteiger partial charge < -0.3 is 4.74 Å². The van der Waals surface area contributed by atoms with Crippen LogP contribution in [0.15, 0.2) is 18.2 Å². The maximum atomic E-state index is 12.3. The second kappa shape index (κ2) is 4.55. The molecule has 0 atom stereocenters. The van der Waals surface area contributed by atoms with Crippen molar-refractivity contribution in [3.63, 3.8) is 0 Å². The van der Waals surface area contributed by atoms with Gasteiger partial charge in [0.25, 0.3) is 0 Å². The number of alkyl halides is 4. The van der Waals surface area contributed by atoms with Crippen LogP contribution in [0, 0.1) is 0 Å². The molecule has 0 spiro atoms. The number of hydrogen-bond donors (Lipinski definition) is 0. The van der Waals surface area contributed by atoms with Crippen LogP contribution in [0.25, 0.3) is 0 Å². The Bertz CT molecular complexity index is 282. The Labute approximate surface area is 79.0 Å². The third-order valence-corrected chi connectivity index (χ3v) is 2.05. The summed E-state index contributed by atoms with van der Waals surface area (Å²) in [6.45, 7) is -1.33. The highest BCUT2D eigenvalue weighted by Crippen LogP contribution is 2.26. The van der Waals surface area contributed by atoms with Gasteiger partial charge in [-0.05, 0) is 14.0 Å². The van der Waals surface area contributed by atoms with Gasteiger partial charge in [-0.1, -0.05) is 0 Å². The van der Waals surface area contributed by atoms with Gasteiger partial charge in [0, 0.05) is 6.20 Å². The summed E-state index contributed by atoms with van der Waals surface area (Å²) >= 11 is 0. The minimum atomic E-state index is -4.11. The van der Waals surface area contributed by atoms with Crippen LogP contribution >= 0.6 is 8.19 Å². The quantitative estimate of drug-likeness (QED) is 0.737. The summed E-state index contributed by atoms with van der Waals surface area (Å²) in [6.07, 6.45) is -1.04. The average molecular weight is 227 g/mol. The Morgan fingerprint density at radius 2 is 2.21 bits per heavy atom. The lowest BCUT2D eigenvalue weighted by atomic mass is 10.4. The number of hydrogen-bond acceptors (Lipinski definition) is 2. The number of halogens is 4. The van der Waals surface area contributed by atoms with Crippen molar-refractivity contribution >= 4 is 8.19 Å². The molecule has 0 aromatic carbocycles. The highest BCUT2D eigenvalue weighted by molar-refractivity contribution is 7.31. The molecule has 0 radical (unpaired) electrons. The highest BCUT2D eigenvalue weighted by atomic mass is 31.0. The monoisotopic (exact) mass is 227 g/mol. The van der Waals surface area contributed by atoms with Crippen molar-refractivity contribution in [2.24, 2.45) is 0 Å². The topological polar surface area (TPSA) is 22.1 Å². The molecule has 0 saturated heterocycles. The summed E-state index contributed by atoms with van der Waals surface area (Å²) in [5.41, 5.74) is 0.132. The standard InChI is InChI=1S/C7H6F4NOP/c8-6(9)7(10,11)4-13-5-3-12-1-2-14-5/h1-3,6H,4H2. The molecular weight excluding hydrogens is 221 g/mol. The molecule has 0 unspecified atom stereocenters. The van der Waals surface area contributed by atoms with Gasteiger partial charge >= 0.3 is 12.3 Å². The van der Waals surface area contributed by atoms with Crippen molar-refractivity contribution in [2.45, 2.75) is 12.3 Å². The van der Waals surface area contributed by atoms with E-state index in [9.17, 15) is 17.6 Å². The van der Waals surface area contributed by atoms with Crippen molar-refractivity contribution in [3.8, 4) is 5.48 Å². The first-order valence-corrected chi connectivity index (χ1v) is 4.53. The molecule has 0 aliphatic carbocycles. The first kappa shape index (κ1) is 11.2. The fourth-order valence-electron chi connectivity index (χ4n) is 0.593. The Balaban J connectivity index is 2.49. The maximum absolute atomic E-state index is 12.3. The van der Waals surface area contributed by atoms with Crippen molar-refractivity contribution in [2.75, 3.05) is 6.61 Å². The SMILES string of the molecule is FC(F)C(F)(F)COc1cnccp1. The fourth-order valence-corrected chi connectivity index (χ4v) is 1.16. The zero-order valence-electron chi connectivity index (χ0n) is 6.83. The van der Waals surface area contributed by atoms with Crippen LogP contribution in [0.1, 0.15) is 0 Å². The Morgan fingerprint density at radius 3 is 2.71 bits per heavy atom. The minimum absolute atomic E-state index is 0.132. The van der Waals surface area contributed by atoms with Crippen molar-refractivity contribution in [1.29, 1.82) is 0 Å². The summed E-state index contributed by atoms with van der Waals surface area (Å²) in [4.78, 5) is 3.60. The van der Waals surface area contributed by atoms with Crippen LogP contribution < -0.4 is 4.74 Å². The summed E-state index contributed by atoms with van der Waals surface area (Å²) in [5, 5.41) is 0. The number of rotatable bonds is 4. The van der Waals surface area contributed by atoms with E-state index < -0.39 is 19.0 Å². The lowest BCUT2D eigenvalue weighted by Gasteiger charge is -2.15. The van der Waals surface area contributed by atoms with E-state index in [0.29, 0.717) is 8.19 Å². The first-order valence-electron chi connectivity index (χ1n) is 3.57. The van der Waals surface area contributed by atoms with Crippen LogP contribution in [0.2, 0.25) is 0 Å². The Morgan fingerprint density at radius 1 is 1.50 bits per heavy atom. The van der Waals surface area contributed by atoms with E-state index in [-0.39, 0.29) is 5.48 Å². The summed E-state index contributed by atoms with van der Waals surface area (Å²) in [7, 11) is 0.530. The van der Waals surface area contributed by atoms with Gasteiger partial charge in [-0.25, -0.2) is 8.78 Å². The predicted molar refractivity (Wildman–Crippen MR) is 43.2 cm³/mol. The van der Waals surface area contributed by atoms with E-state index >= 15 is 0 Å². The maximum Gasteiger partial charge on any atom is 0.340 e. The lowest BCUT2D eigenvalue weighted by molar-refractivity contribution is -0.147. The third kappa shape index (κ3) is 3.10. The van der Waals surface area contributed by atoms with E-state index in [2.05, 4.69) is 9.72 Å². The average Bonchev–Trinajstić information content (AvgIpc) is 2.16. The molecule has 0 saturated carbocycles. The molecule has 0 fully saturated rings. The van der Waals surface area contributed by atoms with Gasteiger partial charge in [-0.15, -0.1) is 0 Å². The van der Waals surface area contributed by atoms with E-state index in [0.717, 1.165) is 0 Å². The zero-order valence-corrected chi connectivity index (χ0v) is 7.73. The van der Waals surface area contributed by atoms with Gasteiger partial charge in [0.05, 0.1) is 6.20 Å². The van der Waals surface area contributed by atoms with Crippen molar-refractivity contribution in [1.82, 2.24) is 4.98 Å². The van der Waals surface area contributed by atoms with E-state index in [4.69, 9.17) is 0 Å². The summed E-state index contributed by atoms with van der Waals surface area (Å²) in [5.74, 6) is -2.56. The van der Waals surface area contributed by atoms with Gasteiger partial charge in [-0.3, -0.25) is 4.98 Å². The molecule has 1 aromatic heterocycles. The normalized spacial score (nSPS) is 12.4. The molecular formula is C7H6F4NOP. The van der Waals surface area contributed by atoms with E-state index in [1.165, 1.54) is 12.4 Å². The second-order valence-corrected chi connectivity index (χ2v) is 3.39. The summed E-state index contributed by atoms with van der Waals surface area (Å²) in [6, 6.07) is 0.